The third kappa shape index (κ3) is 4.33. The highest BCUT2D eigenvalue weighted by atomic mass is 33.1. The fraction of sp³-hybridized carbons (Fsp3) is 0.478. The number of aryl methyl sites for hydroxylation is 1. The molecule has 27 heavy (non-hydrogen) atoms. The SMILES string of the molecule is CC(SS)c1ccc2c(c1)CCC(CC(C)N1CCc3ccccc3C1)N2. The molecule has 144 valence electrons. The van der Waals surface area contributed by atoms with Gasteiger partial charge in [0.25, 0.3) is 0 Å². The minimum absolute atomic E-state index is 0.443. The van der Waals surface area contributed by atoms with Crippen LogP contribution in [0.5, 0.6) is 0 Å². The summed E-state index contributed by atoms with van der Waals surface area (Å²) in [6.07, 6.45) is 4.81. The van der Waals surface area contributed by atoms with Crippen LogP contribution in [-0.2, 0) is 19.4 Å². The van der Waals surface area contributed by atoms with E-state index in [1.54, 1.807) is 10.8 Å². The highest BCUT2D eigenvalue weighted by molar-refractivity contribution is 8.68. The number of nitrogens with one attached hydrogen (secondary N) is 1. The fourth-order valence-electron chi connectivity index (χ4n) is 4.53. The number of rotatable bonds is 5. The lowest BCUT2D eigenvalue weighted by molar-refractivity contribution is 0.175. The van der Waals surface area contributed by atoms with E-state index in [-0.39, 0.29) is 0 Å². The maximum atomic E-state index is 4.37. The molecule has 0 saturated heterocycles. The molecule has 4 rings (SSSR count). The summed E-state index contributed by atoms with van der Waals surface area (Å²) in [4.78, 5) is 2.66. The first-order valence-corrected chi connectivity index (χ1v) is 12.1. The minimum Gasteiger partial charge on any atom is -0.382 e. The molecule has 0 bridgehead atoms. The quantitative estimate of drug-likeness (QED) is 0.483. The standard InChI is InChI=1S/C23H30N2S2/c1-16(25-12-11-18-5-3-4-6-21(18)15-25)13-22-9-7-20-14-19(17(2)27-26)8-10-23(20)24-22/h3-6,8,10,14,16-17,22,24,26H,7,9,11-13,15H2,1-2H3. The molecule has 0 amide bonds. The second kappa shape index (κ2) is 8.50. The number of anilines is 1. The normalized spacial score (nSPS) is 21.7. The van der Waals surface area contributed by atoms with E-state index in [1.165, 1.54) is 60.2 Å². The zero-order valence-corrected chi connectivity index (χ0v) is 18.0. The molecule has 2 heterocycles. The molecule has 0 radical (unpaired) electrons. The Kier molecular flexibility index (Phi) is 6.05. The first kappa shape index (κ1) is 19.2. The van der Waals surface area contributed by atoms with Crippen LogP contribution in [0, 0.1) is 0 Å². The monoisotopic (exact) mass is 398 g/mol. The van der Waals surface area contributed by atoms with E-state index in [1.807, 2.05) is 0 Å². The number of nitrogens with zero attached hydrogens (tertiary/aromatic N) is 1. The summed E-state index contributed by atoms with van der Waals surface area (Å²) in [5, 5.41) is 4.26. The first-order chi connectivity index (χ1) is 13.1. The zero-order chi connectivity index (χ0) is 18.8. The molecule has 0 fully saturated rings. The fourth-order valence-corrected chi connectivity index (χ4v) is 5.16. The van der Waals surface area contributed by atoms with Gasteiger partial charge in [-0.15, -0.1) is 11.7 Å². The van der Waals surface area contributed by atoms with E-state index in [0.717, 1.165) is 6.54 Å². The summed E-state index contributed by atoms with van der Waals surface area (Å²) in [5.41, 5.74) is 7.24. The molecule has 2 aliphatic heterocycles. The van der Waals surface area contributed by atoms with Crippen LogP contribution >= 0.6 is 22.5 Å². The van der Waals surface area contributed by atoms with Crippen molar-refractivity contribution < 1.29 is 0 Å². The Morgan fingerprint density at radius 1 is 1.11 bits per heavy atom. The van der Waals surface area contributed by atoms with Crippen LogP contribution in [0.25, 0.3) is 0 Å². The average Bonchev–Trinajstić information content (AvgIpc) is 2.72. The third-order valence-electron chi connectivity index (χ3n) is 6.29. The Morgan fingerprint density at radius 3 is 2.74 bits per heavy atom. The molecular formula is C23H30N2S2. The van der Waals surface area contributed by atoms with Crippen molar-refractivity contribution in [1.82, 2.24) is 4.90 Å². The number of hydrogen-bond acceptors (Lipinski definition) is 4. The van der Waals surface area contributed by atoms with Crippen LogP contribution in [0.3, 0.4) is 0 Å². The van der Waals surface area contributed by atoms with Crippen molar-refractivity contribution in [3.8, 4) is 0 Å². The molecule has 0 aromatic heterocycles. The van der Waals surface area contributed by atoms with E-state index in [9.17, 15) is 0 Å². The second-order valence-electron chi connectivity index (χ2n) is 8.12. The highest BCUT2D eigenvalue weighted by Gasteiger charge is 2.25. The molecule has 4 heteroatoms. The van der Waals surface area contributed by atoms with Crippen molar-refractivity contribution in [1.29, 1.82) is 0 Å². The average molecular weight is 399 g/mol. The van der Waals surface area contributed by atoms with Gasteiger partial charge < -0.3 is 5.32 Å². The minimum atomic E-state index is 0.443. The van der Waals surface area contributed by atoms with Gasteiger partial charge in [0.1, 0.15) is 0 Å². The smallest absolute Gasteiger partial charge is 0.0375 e. The van der Waals surface area contributed by atoms with Gasteiger partial charge in [-0.25, -0.2) is 0 Å². The number of fused-ring (bicyclic) bond motifs is 2. The van der Waals surface area contributed by atoms with Crippen molar-refractivity contribution in [2.24, 2.45) is 0 Å². The van der Waals surface area contributed by atoms with Crippen LogP contribution in [0.2, 0.25) is 0 Å². The van der Waals surface area contributed by atoms with Gasteiger partial charge in [-0.05, 0) is 67.9 Å². The molecule has 0 saturated carbocycles. The van der Waals surface area contributed by atoms with Crippen molar-refractivity contribution >= 4 is 28.1 Å². The number of thiol groups is 1. The predicted molar refractivity (Wildman–Crippen MR) is 122 cm³/mol. The van der Waals surface area contributed by atoms with E-state index >= 15 is 0 Å². The summed E-state index contributed by atoms with van der Waals surface area (Å²) in [5.74, 6) is 0. The van der Waals surface area contributed by atoms with Crippen LogP contribution < -0.4 is 5.32 Å². The molecule has 1 N–H and O–H groups in total. The molecule has 0 spiro atoms. The maximum Gasteiger partial charge on any atom is 0.0375 e. The predicted octanol–water partition coefficient (Wildman–Crippen LogP) is 5.89. The topological polar surface area (TPSA) is 15.3 Å². The van der Waals surface area contributed by atoms with Gasteiger partial charge >= 0.3 is 0 Å². The van der Waals surface area contributed by atoms with Crippen LogP contribution in [0.1, 0.15) is 54.2 Å². The van der Waals surface area contributed by atoms with Gasteiger partial charge in [0, 0.05) is 36.1 Å². The molecule has 2 aromatic rings. The summed E-state index contributed by atoms with van der Waals surface area (Å²) < 4.78 is 0. The van der Waals surface area contributed by atoms with E-state index < -0.39 is 0 Å². The molecular weight excluding hydrogens is 368 g/mol. The maximum absolute atomic E-state index is 4.37. The molecule has 2 aliphatic rings. The summed E-state index contributed by atoms with van der Waals surface area (Å²) in [6.45, 7) is 6.91. The lowest BCUT2D eigenvalue weighted by Gasteiger charge is -2.37. The Bertz CT molecular complexity index is 792. The van der Waals surface area contributed by atoms with Crippen molar-refractivity contribution in [3.05, 3.63) is 64.7 Å². The summed E-state index contributed by atoms with van der Waals surface area (Å²) >= 11 is 4.37. The molecule has 0 aliphatic carbocycles. The largest absolute Gasteiger partial charge is 0.382 e. The lowest BCUT2D eigenvalue weighted by Crippen LogP contribution is -2.41. The molecule has 2 aromatic carbocycles. The van der Waals surface area contributed by atoms with Gasteiger partial charge in [-0.2, -0.15) is 0 Å². The molecule has 3 atom stereocenters. The van der Waals surface area contributed by atoms with Crippen LogP contribution in [-0.4, -0.2) is 23.5 Å². The van der Waals surface area contributed by atoms with Crippen molar-refractivity contribution in [2.45, 2.75) is 63.4 Å². The van der Waals surface area contributed by atoms with E-state index in [0.29, 0.717) is 17.3 Å². The number of benzene rings is 2. The van der Waals surface area contributed by atoms with Gasteiger partial charge in [-0.1, -0.05) is 47.2 Å². The summed E-state index contributed by atoms with van der Waals surface area (Å²) in [7, 11) is 1.62. The zero-order valence-electron chi connectivity index (χ0n) is 16.3. The van der Waals surface area contributed by atoms with Crippen molar-refractivity contribution in [3.63, 3.8) is 0 Å². The van der Waals surface area contributed by atoms with Crippen molar-refractivity contribution in [2.75, 3.05) is 11.9 Å². The van der Waals surface area contributed by atoms with E-state index in [2.05, 4.69) is 78.2 Å². The summed E-state index contributed by atoms with van der Waals surface area (Å²) in [6, 6.07) is 17.0. The Morgan fingerprint density at radius 2 is 1.93 bits per heavy atom. The second-order valence-corrected chi connectivity index (χ2v) is 9.67. The highest BCUT2D eigenvalue weighted by Crippen LogP contribution is 2.35. The Balaban J connectivity index is 1.37. The molecule has 3 unspecified atom stereocenters. The van der Waals surface area contributed by atoms with Gasteiger partial charge in [0.15, 0.2) is 0 Å². The first-order valence-electron chi connectivity index (χ1n) is 10.1. The third-order valence-corrected chi connectivity index (χ3v) is 7.82. The van der Waals surface area contributed by atoms with Gasteiger partial charge in [0.2, 0.25) is 0 Å². The molecule has 2 nitrogen and oxygen atoms in total. The van der Waals surface area contributed by atoms with Crippen LogP contribution in [0.15, 0.2) is 42.5 Å². The Labute approximate surface area is 172 Å². The van der Waals surface area contributed by atoms with Gasteiger partial charge in [-0.3, -0.25) is 4.90 Å². The Hall–Kier alpha value is -1.10. The lowest BCUT2D eigenvalue weighted by atomic mass is 9.91. The van der Waals surface area contributed by atoms with E-state index in [4.69, 9.17) is 0 Å². The van der Waals surface area contributed by atoms with Gasteiger partial charge in [0.05, 0.1) is 0 Å². The van der Waals surface area contributed by atoms with Crippen LogP contribution in [0.4, 0.5) is 5.69 Å². The number of hydrogen-bond donors (Lipinski definition) is 2.